The van der Waals surface area contributed by atoms with Crippen LogP contribution in [0.3, 0.4) is 0 Å². The smallest absolute Gasteiger partial charge is 0.0728 e. The van der Waals surface area contributed by atoms with Crippen LogP contribution in [0.15, 0.2) is 0 Å². The van der Waals surface area contributed by atoms with Crippen molar-refractivity contribution in [2.24, 2.45) is 0 Å². The number of hydrogen-bond acceptors (Lipinski definition) is 3. The molecule has 100 valence electrons. The number of hydrogen-bond donors (Lipinski definition) is 1. The summed E-state index contributed by atoms with van der Waals surface area (Å²) in [7, 11) is 0. The van der Waals surface area contributed by atoms with E-state index in [1.165, 1.54) is 25.8 Å². The Balaban J connectivity index is 2.14. The number of nitrogens with zero attached hydrogens (tertiary/aromatic N) is 1. The van der Waals surface area contributed by atoms with Gasteiger partial charge in [0.15, 0.2) is 0 Å². The standard InChI is InChI=1S/C14H28N2O/c1-5-12-10-16(13(6-2)9-15-12)14(4)7-8-17-11(14)3/h11-13,15H,5-10H2,1-4H3. The largest absolute Gasteiger partial charge is 0.377 e. The van der Waals surface area contributed by atoms with E-state index in [1.807, 2.05) is 0 Å². The van der Waals surface area contributed by atoms with Gasteiger partial charge in [-0.05, 0) is 33.1 Å². The first kappa shape index (κ1) is 13.3. The summed E-state index contributed by atoms with van der Waals surface area (Å²) < 4.78 is 5.82. The minimum atomic E-state index is 0.246. The number of rotatable bonds is 3. The average molecular weight is 240 g/mol. The van der Waals surface area contributed by atoms with Gasteiger partial charge >= 0.3 is 0 Å². The molecule has 2 rings (SSSR count). The summed E-state index contributed by atoms with van der Waals surface area (Å²) in [5.74, 6) is 0. The van der Waals surface area contributed by atoms with E-state index < -0.39 is 0 Å². The average Bonchev–Trinajstić information content (AvgIpc) is 2.70. The van der Waals surface area contributed by atoms with Crippen LogP contribution >= 0.6 is 0 Å². The molecule has 2 aliphatic heterocycles. The maximum atomic E-state index is 5.82. The molecule has 2 heterocycles. The molecule has 0 spiro atoms. The molecular weight excluding hydrogens is 212 g/mol. The van der Waals surface area contributed by atoms with Gasteiger partial charge in [-0.15, -0.1) is 0 Å². The maximum Gasteiger partial charge on any atom is 0.0728 e. The first-order valence-corrected chi connectivity index (χ1v) is 7.23. The minimum Gasteiger partial charge on any atom is -0.377 e. The van der Waals surface area contributed by atoms with Crippen molar-refractivity contribution in [3.63, 3.8) is 0 Å². The normalized spacial score (nSPS) is 44.1. The fraction of sp³-hybridized carbons (Fsp3) is 1.00. The predicted octanol–water partition coefficient (Wildman–Crippen LogP) is 2.02. The first-order chi connectivity index (χ1) is 8.11. The molecule has 0 amide bonds. The molecule has 0 aromatic carbocycles. The first-order valence-electron chi connectivity index (χ1n) is 7.23. The van der Waals surface area contributed by atoms with E-state index in [0.29, 0.717) is 18.2 Å². The zero-order valence-corrected chi connectivity index (χ0v) is 11.8. The second kappa shape index (κ2) is 5.25. The fourth-order valence-corrected chi connectivity index (χ4v) is 3.33. The SMILES string of the molecule is CCC1CN(C2(C)CCOC2C)C(CC)CN1. The van der Waals surface area contributed by atoms with E-state index in [1.54, 1.807) is 0 Å². The van der Waals surface area contributed by atoms with Crippen molar-refractivity contribution >= 4 is 0 Å². The maximum absolute atomic E-state index is 5.82. The highest BCUT2D eigenvalue weighted by Gasteiger charge is 2.46. The Morgan fingerprint density at radius 3 is 2.65 bits per heavy atom. The van der Waals surface area contributed by atoms with Gasteiger partial charge in [0, 0.05) is 37.3 Å². The van der Waals surface area contributed by atoms with Crippen LogP contribution in [0.25, 0.3) is 0 Å². The summed E-state index contributed by atoms with van der Waals surface area (Å²) in [6.45, 7) is 12.5. The highest BCUT2D eigenvalue weighted by Crippen LogP contribution is 2.35. The van der Waals surface area contributed by atoms with Crippen molar-refractivity contribution in [2.75, 3.05) is 19.7 Å². The molecule has 2 saturated heterocycles. The van der Waals surface area contributed by atoms with E-state index in [2.05, 4.69) is 37.9 Å². The van der Waals surface area contributed by atoms with Gasteiger partial charge in [0.2, 0.25) is 0 Å². The fourth-order valence-electron chi connectivity index (χ4n) is 3.33. The molecule has 0 saturated carbocycles. The van der Waals surface area contributed by atoms with Gasteiger partial charge in [-0.25, -0.2) is 0 Å². The van der Waals surface area contributed by atoms with Crippen LogP contribution in [-0.2, 0) is 4.74 Å². The Kier molecular flexibility index (Phi) is 4.11. The van der Waals surface area contributed by atoms with Crippen molar-refractivity contribution in [2.45, 2.75) is 70.7 Å². The molecule has 3 heteroatoms. The Hall–Kier alpha value is -0.120. The molecule has 0 radical (unpaired) electrons. The third-order valence-corrected chi connectivity index (χ3v) is 4.97. The Labute approximate surface area is 106 Å². The van der Waals surface area contributed by atoms with Crippen molar-refractivity contribution in [3.8, 4) is 0 Å². The molecule has 0 aromatic rings. The molecule has 4 atom stereocenters. The van der Waals surface area contributed by atoms with E-state index >= 15 is 0 Å². The lowest BCUT2D eigenvalue weighted by atomic mass is 9.88. The van der Waals surface area contributed by atoms with Crippen LogP contribution in [0.4, 0.5) is 0 Å². The second-order valence-corrected chi connectivity index (χ2v) is 5.85. The Bertz CT molecular complexity index is 259. The predicted molar refractivity (Wildman–Crippen MR) is 71.3 cm³/mol. The summed E-state index contributed by atoms with van der Waals surface area (Å²) in [4.78, 5) is 2.73. The quantitative estimate of drug-likeness (QED) is 0.817. The lowest BCUT2D eigenvalue weighted by Gasteiger charge is -2.50. The van der Waals surface area contributed by atoms with Crippen molar-refractivity contribution in [1.29, 1.82) is 0 Å². The topological polar surface area (TPSA) is 24.5 Å². The van der Waals surface area contributed by atoms with Gasteiger partial charge in [-0.3, -0.25) is 4.90 Å². The molecule has 0 aromatic heterocycles. The van der Waals surface area contributed by atoms with Crippen LogP contribution in [-0.4, -0.2) is 48.3 Å². The molecule has 17 heavy (non-hydrogen) atoms. The summed E-state index contributed by atoms with van der Waals surface area (Å²) in [6.07, 6.45) is 4.00. The van der Waals surface area contributed by atoms with Crippen molar-refractivity contribution in [3.05, 3.63) is 0 Å². The number of ether oxygens (including phenoxy) is 1. The molecule has 0 aliphatic carbocycles. The highest BCUT2D eigenvalue weighted by atomic mass is 16.5. The van der Waals surface area contributed by atoms with E-state index in [0.717, 1.165) is 13.2 Å². The molecule has 2 fully saturated rings. The van der Waals surface area contributed by atoms with E-state index in [9.17, 15) is 0 Å². The lowest BCUT2D eigenvalue weighted by molar-refractivity contribution is -0.0260. The van der Waals surface area contributed by atoms with Crippen LogP contribution in [0.1, 0.15) is 47.0 Å². The van der Waals surface area contributed by atoms with Crippen LogP contribution in [0, 0.1) is 0 Å². The van der Waals surface area contributed by atoms with Crippen LogP contribution in [0.2, 0.25) is 0 Å². The van der Waals surface area contributed by atoms with Gasteiger partial charge in [0.25, 0.3) is 0 Å². The summed E-state index contributed by atoms with van der Waals surface area (Å²) in [5, 5.41) is 3.67. The second-order valence-electron chi connectivity index (χ2n) is 5.85. The highest BCUT2D eigenvalue weighted by molar-refractivity contribution is 5.01. The molecule has 4 unspecified atom stereocenters. The lowest BCUT2D eigenvalue weighted by Crippen LogP contribution is -2.65. The monoisotopic (exact) mass is 240 g/mol. The number of piperazine rings is 1. The van der Waals surface area contributed by atoms with Gasteiger partial charge in [-0.1, -0.05) is 13.8 Å². The molecule has 0 bridgehead atoms. The van der Waals surface area contributed by atoms with Gasteiger partial charge in [0.05, 0.1) is 6.10 Å². The molecular formula is C14H28N2O. The Morgan fingerprint density at radius 2 is 2.12 bits per heavy atom. The summed E-state index contributed by atoms with van der Waals surface area (Å²) in [6, 6.07) is 1.33. The molecule has 1 N–H and O–H groups in total. The van der Waals surface area contributed by atoms with Gasteiger partial charge in [-0.2, -0.15) is 0 Å². The van der Waals surface area contributed by atoms with Gasteiger partial charge in [0.1, 0.15) is 0 Å². The van der Waals surface area contributed by atoms with Gasteiger partial charge < -0.3 is 10.1 Å². The third kappa shape index (κ3) is 2.38. The molecule has 3 nitrogen and oxygen atoms in total. The van der Waals surface area contributed by atoms with Crippen LogP contribution in [0.5, 0.6) is 0 Å². The van der Waals surface area contributed by atoms with Crippen molar-refractivity contribution in [1.82, 2.24) is 10.2 Å². The Morgan fingerprint density at radius 1 is 1.35 bits per heavy atom. The van der Waals surface area contributed by atoms with Crippen LogP contribution < -0.4 is 5.32 Å². The van der Waals surface area contributed by atoms with E-state index in [-0.39, 0.29) is 5.54 Å². The molecule has 2 aliphatic rings. The van der Waals surface area contributed by atoms with E-state index in [4.69, 9.17) is 4.74 Å². The zero-order valence-electron chi connectivity index (χ0n) is 11.8. The third-order valence-electron chi connectivity index (χ3n) is 4.97. The number of nitrogens with one attached hydrogen (secondary N) is 1. The minimum absolute atomic E-state index is 0.246. The zero-order chi connectivity index (χ0) is 12.5. The summed E-state index contributed by atoms with van der Waals surface area (Å²) in [5.41, 5.74) is 0.246. The van der Waals surface area contributed by atoms with Crippen molar-refractivity contribution < 1.29 is 4.74 Å². The summed E-state index contributed by atoms with van der Waals surface area (Å²) >= 11 is 0.